The van der Waals surface area contributed by atoms with Crippen molar-refractivity contribution in [2.75, 3.05) is 6.61 Å². The number of ether oxygens (including phenoxy) is 1. The Balaban J connectivity index is 2.29. The molecule has 0 radical (unpaired) electrons. The Morgan fingerprint density at radius 2 is 2.55 bits per heavy atom. The molecule has 0 spiro atoms. The van der Waals surface area contributed by atoms with Crippen molar-refractivity contribution < 1.29 is 9.84 Å². The lowest BCUT2D eigenvalue weighted by atomic mass is 10.0. The lowest BCUT2D eigenvalue weighted by Crippen LogP contribution is -2.24. The predicted octanol–water partition coefficient (Wildman–Crippen LogP) is 0.621. The lowest BCUT2D eigenvalue weighted by Gasteiger charge is -2.12. The summed E-state index contributed by atoms with van der Waals surface area (Å²) < 4.78 is 5.22. The second kappa shape index (κ2) is 2.09. The van der Waals surface area contributed by atoms with Crippen molar-refractivity contribution in [3.05, 3.63) is 24.0 Å². The molecule has 1 saturated heterocycles. The third-order valence-corrected chi connectivity index (χ3v) is 2.18. The Bertz CT molecular complexity index is 237. The highest BCUT2D eigenvalue weighted by molar-refractivity contribution is 5.21. The number of aromatic nitrogens is 1. The van der Waals surface area contributed by atoms with Crippen LogP contribution in [0.5, 0.6) is 0 Å². The molecule has 3 nitrogen and oxygen atoms in total. The number of aromatic amines is 1. The maximum absolute atomic E-state index is 9.37. The summed E-state index contributed by atoms with van der Waals surface area (Å²) >= 11 is 0. The molecule has 0 saturated carbocycles. The van der Waals surface area contributed by atoms with E-state index in [2.05, 4.69) is 4.98 Å². The molecule has 3 heteroatoms. The number of hydrogen-bond donors (Lipinski definition) is 2. The van der Waals surface area contributed by atoms with Crippen LogP contribution in [0.1, 0.15) is 12.6 Å². The van der Waals surface area contributed by atoms with Crippen LogP contribution in [0.25, 0.3) is 0 Å². The highest BCUT2D eigenvalue weighted by Gasteiger charge is 2.51. The standard InChI is InChI=1S/C8H11NO2/c1-6(10)8(5-11-8)7-3-2-4-9-7/h2-4,6,9-10H,5H2,1H3. The smallest absolute Gasteiger partial charge is 0.156 e. The van der Waals surface area contributed by atoms with E-state index in [4.69, 9.17) is 4.74 Å². The molecular weight excluding hydrogens is 142 g/mol. The van der Waals surface area contributed by atoms with Gasteiger partial charge in [0, 0.05) is 6.20 Å². The number of H-pyrrole nitrogens is 1. The minimum atomic E-state index is -0.443. The zero-order valence-corrected chi connectivity index (χ0v) is 6.37. The van der Waals surface area contributed by atoms with Gasteiger partial charge in [-0.2, -0.15) is 0 Å². The van der Waals surface area contributed by atoms with Crippen molar-refractivity contribution in [3.63, 3.8) is 0 Å². The van der Waals surface area contributed by atoms with Crippen LogP contribution in [-0.4, -0.2) is 22.8 Å². The summed E-state index contributed by atoms with van der Waals surface area (Å²) in [5.41, 5.74) is 0.538. The summed E-state index contributed by atoms with van der Waals surface area (Å²) in [6.07, 6.45) is 1.39. The minimum absolute atomic E-state index is 0.427. The highest BCUT2D eigenvalue weighted by Crippen LogP contribution is 2.40. The average Bonchev–Trinajstić information content (AvgIpc) is 2.61. The maximum Gasteiger partial charge on any atom is 0.156 e. The van der Waals surface area contributed by atoms with E-state index in [1.54, 1.807) is 6.92 Å². The van der Waals surface area contributed by atoms with Crippen LogP contribution in [-0.2, 0) is 10.3 Å². The molecule has 1 aliphatic rings. The molecule has 2 N–H and O–H groups in total. The van der Waals surface area contributed by atoms with Gasteiger partial charge in [0.1, 0.15) is 0 Å². The van der Waals surface area contributed by atoms with E-state index >= 15 is 0 Å². The number of hydrogen-bond acceptors (Lipinski definition) is 2. The van der Waals surface area contributed by atoms with Gasteiger partial charge in [-0.25, -0.2) is 0 Å². The second-order valence-electron chi connectivity index (χ2n) is 2.94. The first kappa shape index (κ1) is 6.88. The summed E-state index contributed by atoms with van der Waals surface area (Å²) in [7, 11) is 0. The monoisotopic (exact) mass is 153 g/mol. The third kappa shape index (κ3) is 0.886. The summed E-state index contributed by atoms with van der Waals surface area (Å²) in [5, 5.41) is 9.37. The van der Waals surface area contributed by atoms with E-state index in [-0.39, 0.29) is 0 Å². The quantitative estimate of drug-likeness (QED) is 0.612. The number of rotatable bonds is 2. The van der Waals surface area contributed by atoms with Gasteiger partial charge in [-0.3, -0.25) is 0 Å². The molecule has 0 aromatic carbocycles. The number of nitrogens with one attached hydrogen (secondary N) is 1. The van der Waals surface area contributed by atoms with Gasteiger partial charge >= 0.3 is 0 Å². The zero-order valence-electron chi connectivity index (χ0n) is 6.37. The van der Waals surface area contributed by atoms with Gasteiger partial charge in [0.2, 0.25) is 0 Å². The molecular formula is C8H11NO2. The van der Waals surface area contributed by atoms with Crippen molar-refractivity contribution in [2.24, 2.45) is 0 Å². The Labute approximate surface area is 65.0 Å². The highest BCUT2D eigenvalue weighted by atomic mass is 16.6. The van der Waals surface area contributed by atoms with Crippen LogP contribution >= 0.6 is 0 Å². The van der Waals surface area contributed by atoms with Gasteiger partial charge in [-0.1, -0.05) is 0 Å². The number of epoxide rings is 1. The van der Waals surface area contributed by atoms with Crippen LogP contribution in [0, 0.1) is 0 Å². The fourth-order valence-corrected chi connectivity index (χ4v) is 1.29. The van der Waals surface area contributed by atoms with E-state index in [1.807, 2.05) is 18.3 Å². The largest absolute Gasteiger partial charge is 0.390 e. The van der Waals surface area contributed by atoms with E-state index in [1.165, 1.54) is 0 Å². The molecule has 0 bridgehead atoms. The Hall–Kier alpha value is -0.800. The van der Waals surface area contributed by atoms with Crippen LogP contribution in [0.2, 0.25) is 0 Å². The first-order valence-corrected chi connectivity index (χ1v) is 3.71. The Morgan fingerprint density at radius 1 is 1.82 bits per heavy atom. The van der Waals surface area contributed by atoms with E-state index in [0.29, 0.717) is 6.61 Å². The molecule has 2 atom stereocenters. The fourth-order valence-electron chi connectivity index (χ4n) is 1.29. The van der Waals surface area contributed by atoms with Crippen LogP contribution in [0.15, 0.2) is 18.3 Å². The molecule has 1 fully saturated rings. The topological polar surface area (TPSA) is 48.5 Å². The van der Waals surface area contributed by atoms with Crippen molar-refractivity contribution in [3.8, 4) is 0 Å². The van der Waals surface area contributed by atoms with Gasteiger partial charge in [0.25, 0.3) is 0 Å². The molecule has 2 rings (SSSR count). The third-order valence-electron chi connectivity index (χ3n) is 2.18. The van der Waals surface area contributed by atoms with Crippen molar-refractivity contribution in [2.45, 2.75) is 18.6 Å². The minimum Gasteiger partial charge on any atom is -0.390 e. The molecule has 1 aromatic heterocycles. The first-order valence-electron chi connectivity index (χ1n) is 3.71. The van der Waals surface area contributed by atoms with Gasteiger partial charge in [0.05, 0.1) is 18.4 Å². The van der Waals surface area contributed by atoms with Gasteiger partial charge < -0.3 is 14.8 Å². The predicted molar refractivity (Wildman–Crippen MR) is 40.1 cm³/mol. The van der Waals surface area contributed by atoms with Crippen LogP contribution in [0.3, 0.4) is 0 Å². The second-order valence-corrected chi connectivity index (χ2v) is 2.94. The zero-order chi connectivity index (χ0) is 7.90. The molecule has 2 heterocycles. The van der Waals surface area contributed by atoms with Crippen molar-refractivity contribution >= 4 is 0 Å². The molecule has 0 aliphatic carbocycles. The Kier molecular flexibility index (Phi) is 1.31. The van der Waals surface area contributed by atoms with Gasteiger partial charge in [0.15, 0.2) is 5.60 Å². The van der Waals surface area contributed by atoms with Crippen LogP contribution in [0.4, 0.5) is 0 Å². The van der Waals surface area contributed by atoms with Crippen LogP contribution < -0.4 is 0 Å². The first-order chi connectivity index (χ1) is 5.26. The molecule has 0 amide bonds. The van der Waals surface area contributed by atoms with Crippen molar-refractivity contribution in [1.29, 1.82) is 0 Å². The van der Waals surface area contributed by atoms with E-state index < -0.39 is 11.7 Å². The maximum atomic E-state index is 9.37. The number of aliphatic hydroxyl groups excluding tert-OH is 1. The lowest BCUT2D eigenvalue weighted by molar-refractivity contribution is 0.0864. The summed E-state index contributed by atoms with van der Waals surface area (Å²) in [6, 6.07) is 3.83. The summed E-state index contributed by atoms with van der Waals surface area (Å²) in [6.45, 7) is 2.36. The molecule has 2 unspecified atom stereocenters. The SMILES string of the molecule is CC(O)C1(c2ccc[nH]2)CO1. The normalized spacial score (nSPS) is 31.8. The average molecular weight is 153 g/mol. The van der Waals surface area contributed by atoms with Gasteiger partial charge in [-0.15, -0.1) is 0 Å². The number of aliphatic hydroxyl groups is 1. The fraction of sp³-hybridized carbons (Fsp3) is 0.500. The van der Waals surface area contributed by atoms with E-state index in [9.17, 15) is 5.11 Å². The summed E-state index contributed by atoms with van der Waals surface area (Å²) in [5.74, 6) is 0. The molecule has 1 aromatic rings. The molecule has 1 aliphatic heterocycles. The molecule has 60 valence electrons. The summed E-state index contributed by atoms with van der Waals surface area (Å²) in [4.78, 5) is 3.04. The molecule has 11 heavy (non-hydrogen) atoms. The van der Waals surface area contributed by atoms with E-state index in [0.717, 1.165) is 5.69 Å². The van der Waals surface area contributed by atoms with Gasteiger partial charge in [-0.05, 0) is 19.1 Å². The Morgan fingerprint density at radius 3 is 2.91 bits per heavy atom. The van der Waals surface area contributed by atoms with Crippen molar-refractivity contribution in [1.82, 2.24) is 4.98 Å².